The average molecular weight is 253 g/mol. The lowest BCUT2D eigenvalue weighted by Crippen LogP contribution is -2.24. The molecule has 0 radical (unpaired) electrons. The van der Waals surface area contributed by atoms with Gasteiger partial charge in [0.15, 0.2) is 0 Å². The lowest BCUT2D eigenvalue weighted by atomic mass is 10.2. The number of carbonyl (C=O) groups excluding carboxylic acids is 2. The van der Waals surface area contributed by atoms with Gasteiger partial charge in [0.2, 0.25) is 5.91 Å². The van der Waals surface area contributed by atoms with E-state index in [1.807, 2.05) is 0 Å². The molecule has 0 atom stereocenters. The molecule has 0 aliphatic carbocycles. The van der Waals surface area contributed by atoms with Crippen molar-refractivity contribution in [1.82, 2.24) is 5.32 Å². The largest absolute Gasteiger partial charge is 0.347 e. The highest BCUT2D eigenvalue weighted by molar-refractivity contribution is 6.29. The van der Waals surface area contributed by atoms with E-state index in [2.05, 4.69) is 17.2 Å². The minimum absolute atomic E-state index is 0.184. The van der Waals surface area contributed by atoms with Crippen molar-refractivity contribution in [3.63, 3.8) is 0 Å². The molecule has 1 aromatic rings. The number of anilines is 1. The predicted octanol–water partition coefficient (Wildman–Crippen LogP) is 2.13. The number of carbonyl (C=O) groups is 2. The summed E-state index contributed by atoms with van der Waals surface area (Å²) >= 11 is 5.54. The van der Waals surface area contributed by atoms with Crippen LogP contribution in [0.25, 0.3) is 0 Å². The summed E-state index contributed by atoms with van der Waals surface area (Å²) in [6.07, 6.45) is 0. The average Bonchev–Trinajstić information content (AvgIpc) is 2.25. The van der Waals surface area contributed by atoms with Crippen molar-refractivity contribution in [2.24, 2.45) is 0 Å². The second-order valence-corrected chi connectivity index (χ2v) is 4.00. The molecule has 0 heterocycles. The molecule has 0 bridgehead atoms. The van der Waals surface area contributed by atoms with Crippen LogP contribution in [-0.2, 0) is 4.79 Å². The Hall–Kier alpha value is -1.81. The van der Waals surface area contributed by atoms with Gasteiger partial charge in [0.05, 0.1) is 6.54 Å². The molecule has 2 amide bonds. The van der Waals surface area contributed by atoms with Crippen LogP contribution in [0.2, 0.25) is 0 Å². The third-order valence-corrected chi connectivity index (χ3v) is 2.02. The lowest BCUT2D eigenvalue weighted by molar-refractivity contribution is -0.114. The Balaban J connectivity index is 2.73. The number of benzene rings is 1. The summed E-state index contributed by atoms with van der Waals surface area (Å²) in [4.78, 5) is 22.5. The van der Waals surface area contributed by atoms with Crippen molar-refractivity contribution < 1.29 is 9.59 Å². The van der Waals surface area contributed by atoms with Gasteiger partial charge < -0.3 is 10.6 Å². The molecule has 1 aromatic carbocycles. The molecular weight excluding hydrogens is 240 g/mol. The van der Waals surface area contributed by atoms with Gasteiger partial charge in [0.1, 0.15) is 0 Å². The Morgan fingerprint density at radius 3 is 2.71 bits per heavy atom. The van der Waals surface area contributed by atoms with E-state index in [-0.39, 0.29) is 18.4 Å². The van der Waals surface area contributed by atoms with Gasteiger partial charge >= 0.3 is 0 Å². The van der Waals surface area contributed by atoms with Crippen molar-refractivity contribution in [2.45, 2.75) is 6.92 Å². The van der Waals surface area contributed by atoms with E-state index < -0.39 is 0 Å². The molecular formula is C12H13ClN2O2. The van der Waals surface area contributed by atoms with Gasteiger partial charge in [-0.25, -0.2) is 0 Å². The fourth-order valence-electron chi connectivity index (χ4n) is 1.22. The van der Waals surface area contributed by atoms with Gasteiger partial charge in [-0.3, -0.25) is 9.59 Å². The number of rotatable bonds is 4. The monoisotopic (exact) mass is 252 g/mol. The summed E-state index contributed by atoms with van der Waals surface area (Å²) in [5, 5.41) is 5.56. The summed E-state index contributed by atoms with van der Waals surface area (Å²) < 4.78 is 0. The van der Waals surface area contributed by atoms with E-state index in [1.165, 1.54) is 6.92 Å². The molecule has 0 saturated carbocycles. The van der Waals surface area contributed by atoms with Crippen LogP contribution in [0.5, 0.6) is 0 Å². The Bertz CT molecular complexity index is 458. The molecule has 5 heteroatoms. The number of nitrogens with one attached hydrogen (secondary N) is 2. The quantitative estimate of drug-likeness (QED) is 0.863. The van der Waals surface area contributed by atoms with Gasteiger partial charge in [-0.15, -0.1) is 0 Å². The second-order valence-electron chi connectivity index (χ2n) is 3.46. The fourth-order valence-corrected chi connectivity index (χ4v) is 1.29. The van der Waals surface area contributed by atoms with Crippen molar-refractivity contribution in [3.8, 4) is 0 Å². The van der Waals surface area contributed by atoms with Crippen molar-refractivity contribution >= 4 is 29.1 Å². The number of amides is 2. The zero-order valence-electron chi connectivity index (χ0n) is 9.42. The van der Waals surface area contributed by atoms with Gasteiger partial charge in [0, 0.05) is 23.2 Å². The molecule has 0 saturated heterocycles. The van der Waals surface area contributed by atoms with Crippen LogP contribution in [0.3, 0.4) is 0 Å². The number of halogens is 1. The first-order valence-corrected chi connectivity index (χ1v) is 5.36. The molecule has 0 unspecified atom stereocenters. The van der Waals surface area contributed by atoms with Crippen LogP contribution in [-0.4, -0.2) is 18.4 Å². The van der Waals surface area contributed by atoms with Crippen LogP contribution in [0.15, 0.2) is 35.9 Å². The highest BCUT2D eigenvalue weighted by atomic mass is 35.5. The Morgan fingerprint density at radius 2 is 2.12 bits per heavy atom. The first-order valence-electron chi connectivity index (χ1n) is 4.98. The van der Waals surface area contributed by atoms with E-state index in [1.54, 1.807) is 24.3 Å². The van der Waals surface area contributed by atoms with Crippen molar-refractivity contribution in [1.29, 1.82) is 0 Å². The zero-order valence-corrected chi connectivity index (χ0v) is 10.2. The summed E-state index contributed by atoms with van der Waals surface area (Å²) in [6, 6.07) is 6.64. The Morgan fingerprint density at radius 1 is 1.41 bits per heavy atom. The number of hydrogen-bond acceptors (Lipinski definition) is 2. The molecule has 0 aromatic heterocycles. The molecule has 1 rings (SSSR count). The normalized spacial score (nSPS) is 9.53. The third kappa shape index (κ3) is 4.70. The van der Waals surface area contributed by atoms with Gasteiger partial charge in [-0.05, 0) is 18.2 Å². The molecule has 0 aliphatic heterocycles. The maximum absolute atomic E-state index is 11.7. The fraction of sp³-hybridized carbons (Fsp3) is 0.167. The smallest absolute Gasteiger partial charge is 0.251 e. The Labute approximate surface area is 105 Å². The van der Waals surface area contributed by atoms with Crippen molar-refractivity contribution in [3.05, 3.63) is 41.4 Å². The first kappa shape index (κ1) is 13.3. The summed E-state index contributed by atoms with van der Waals surface area (Å²) in [6.45, 7) is 5.09. The molecule has 4 nitrogen and oxygen atoms in total. The van der Waals surface area contributed by atoms with Crippen LogP contribution < -0.4 is 10.6 Å². The number of hydrogen-bond donors (Lipinski definition) is 2. The summed E-state index contributed by atoms with van der Waals surface area (Å²) in [5.41, 5.74) is 1.03. The van der Waals surface area contributed by atoms with E-state index in [0.717, 1.165) is 0 Å². The molecule has 90 valence electrons. The predicted molar refractivity (Wildman–Crippen MR) is 68.1 cm³/mol. The Kier molecular flexibility index (Phi) is 4.72. The first-order chi connectivity index (χ1) is 7.99. The highest BCUT2D eigenvalue weighted by Gasteiger charge is 2.06. The standard InChI is InChI=1S/C12H13ClN2O2/c1-8(13)7-14-12(17)10-4-3-5-11(6-10)15-9(2)16/h3-6H,1,7H2,2H3,(H,14,17)(H,15,16). The minimum atomic E-state index is -0.265. The molecule has 0 fully saturated rings. The maximum Gasteiger partial charge on any atom is 0.251 e. The van der Waals surface area contributed by atoms with E-state index in [9.17, 15) is 9.59 Å². The van der Waals surface area contributed by atoms with E-state index in [4.69, 9.17) is 11.6 Å². The molecule has 17 heavy (non-hydrogen) atoms. The van der Waals surface area contributed by atoms with E-state index >= 15 is 0 Å². The van der Waals surface area contributed by atoms with Crippen LogP contribution in [0.1, 0.15) is 17.3 Å². The van der Waals surface area contributed by atoms with Crippen molar-refractivity contribution in [2.75, 3.05) is 11.9 Å². The molecule has 2 N–H and O–H groups in total. The third-order valence-electron chi connectivity index (χ3n) is 1.89. The maximum atomic E-state index is 11.7. The minimum Gasteiger partial charge on any atom is -0.347 e. The summed E-state index contributed by atoms with van der Waals surface area (Å²) in [7, 11) is 0. The van der Waals surface area contributed by atoms with Gasteiger partial charge in [0.25, 0.3) is 5.91 Å². The SMILES string of the molecule is C=C(Cl)CNC(=O)c1cccc(NC(C)=O)c1. The topological polar surface area (TPSA) is 58.2 Å². The van der Waals surface area contributed by atoms with E-state index in [0.29, 0.717) is 16.3 Å². The molecule has 0 aliphatic rings. The van der Waals surface area contributed by atoms with Crippen LogP contribution in [0.4, 0.5) is 5.69 Å². The summed E-state index contributed by atoms with van der Waals surface area (Å²) in [5.74, 6) is -0.448. The second kappa shape index (κ2) is 6.06. The van der Waals surface area contributed by atoms with Gasteiger partial charge in [-0.2, -0.15) is 0 Å². The molecule has 0 spiro atoms. The zero-order chi connectivity index (χ0) is 12.8. The lowest BCUT2D eigenvalue weighted by Gasteiger charge is -2.06. The van der Waals surface area contributed by atoms with Crippen LogP contribution >= 0.6 is 11.6 Å². The highest BCUT2D eigenvalue weighted by Crippen LogP contribution is 2.10. The van der Waals surface area contributed by atoms with Gasteiger partial charge in [-0.1, -0.05) is 24.2 Å². The van der Waals surface area contributed by atoms with Crippen LogP contribution in [0, 0.1) is 0 Å².